The lowest BCUT2D eigenvalue weighted by molar-refractivity contribution is -0.137. The Labute approximate surface area is 110 Å². The molecular weight excluding hydrogens is 228 g/mol. The summed E-state index contributed by atoms with van der Waals surface area (Å²) in [4.78, 5) is 14.5. The molecule has 3 unspecified atom stereocenters. The van der Waals surface area contributed by atoms with Crippen molar-refractivity contribution in [3.8, 4) is 0 Å². The Morgan fingerprint density at radius 1 is 1.33 bits per heavy atom. The average Bonchev–Trinajstić information content (AvgIpc) is 2.62. The highest BCUT2D eigenvalue weighted by Gasteiger charge is 2.32. The van der Waals surface area contributed by atoms with E-state index < -0.39 is 0 Å². The highest BCUT2D eigenvalue weighted by Crippen LogP contribution is 2.21. The van der Waals surface area contributed by atoms with Gasteiger partial charge in [-0.15, -0.1) is 0 Å². The molecule has 0 aliphatic carbocycles. The van der Waals surface area contributed by atoms with E-state index >= 15 is 0 Å². The largest absolute Gasteiger partial charge is 0.394 e. The summed E-state index contributed by atoms with van der Waals surface area (Å²) in [6.45, 7) is 4.08. The van der Waals surface area contributed by atoms with Gasteiger partial charge in [-0.3, -0.25) is 4.79 Å². The number of piperidine rings is 1. The second-order valence-corrected chi connectivity index (χ2v) is 5.85. The van der Waals surface area contributed by atoms with Crippen LogP contribution in [0.1, 0.15) is 45.4 Å². The van der Waals surface area contributed by atoms with Crippen molar-refractivity contribution in [2.24, 2.45) is 5.92 Å². The Kier molecular flexibility index (Phi) is 5.01. The van der Waals surface area contributed by atoms with Crippen LogP contribution in [-0.4, -0.2) is 47.7 Å². The maximum absolute atomic E-state index is 12.6. The van der Waals surface area contributed by atoms with Gasteiger partial charge >= 0.3 is 0 Å². The molecule has 2 saturated heterocycles. The van der Waals surface area contributed by atoms with Gasteiger partial charge in [0.2, 0.25) is 5.91 Å². The zero-order valence-corrected chi connectivity index (χ0v) is 11.4. The number of likely N-dealkylation sites (tertiary alicyclic amines) is 1. The molecule has 104 valence electrons. The van der Waals surface area contributed by atoms with Gasteiger partial charge in [0, 0.05) is 6.54 Å². The van der Waals surface area contributed by atoms with Crippen LogP contribution in [0.3, 0.4) is 0 Å². The summed E-state index contributed by atoms with van der Waals surface area (Å²) in [5.41, 5.74) is 0. The summed E-state index contributed by atoms with van der Waals surface area (Å²) in [7, 11) is 0. The van der Waals surface area contributed by atoms with Crippen molar-refractivity contribution in [1.29, 1.82) is 0 Å². The van der Waals surface area contributed by atoms with Crippen molar-refractivity contribution in [2.75, 3.05) is 19.7 Å². The molecule has 1 amide bonds. The third kappa shape index (κ3) is 3.23. The van der Waals surface area contributed by atoms with Gasteiger partial charge in [-0.05, 0) is 38.1 Å². The topological polar surface area (TPSA) is 52.6 Å². The van der Waals surface area contributed by atoms with E-state index in [1.165, 1.54) is 6.42 Å². The van der Waals surface area contributed by atoms with Gasteiger partial charge < -0.3 is 15.3 Å². The van der Waals surface area contributed by atoms with Crippen LogP contribution in [0.5, 0.6) is 0 Å². The second-order valence-electron chi connectivity index (χ2n) is 5.85. The van der Waals surface area contributed by atoms with E-state index in [0.29, 0.717) is 5.92 Å². The van der Waals surface area contributed by atoms with Crippen LogP contribution < -0.4 is 5.32 Å². The van der Waals surface area contributed by atoms with Crippen molar-refractivity contribution >= 4 is 5.91 Å². The van der Waals surface area contributed by atoms with Crippen molar-refractivity contribution in [1.82, 2.24) is 10.2 Å². The fraction of sp³-hybridized carbons (Fsp3) is 0.929. The molecular formula is C14H26N2O2. The molecule has 2 aliphatic rings. The SMILES string of the molecule is CC1CCNC(C(=O)N2CCCCCC2CO)C1. The number of nitrogens with zero attached hydrogens (tertiary/aromatic N) is 1. The highest BCUT2D eigenvalue weighted by molar-refractivity contribution is 5.82. The number of aliphatic hydroxyl groups is 1. The maximum Gasteiger partial charge on any atom is 0.240 e. The van der Waals surface area contributed by atoms with E-state index in [1.54, 1.807) is 0 Å². The van der Waals surface area contributed by atoms with Gasteiger partial charge in [-0.2, -0.15) is 0 Å². The van der Waals surface area contributed by atoms with Crippen LogP contribution in [0, 0.1) is 5.92 Å². The van der Waals surface area contributed by atoms with Crippen molar-refractivity contribution in [3.05, 3.63) is 0 Å². The molecule has 18 heavy (non-hydrogen) atoms. The standard InChI is InChI=1S/C14H26N2O2/c1-11-6-7-15-13(9-11)14(18)16-8-4-2-3-5-12(16)10-17/h11-13,15,17H,2-10H2,1H3. The quantitative estimate of drug-likeness (QED) is 0.777. The Morgan fingerprint density at radius 3 is 2.89 bits per heavy atom. The number of amides is 1. The summed E-state index contributed by atoms with van der Waals surface area (Å²) in [6, 6.07) is 0.0138. The molecule has 0 radical (unpaired) electrons. The molecule has 0 bridgehead atoms. The van der Waals surface area contributed by atoms with E-state index in [4.69, 9.17) is 0 Å². The number of hydrogen-bond acceptors (Lipinski definition) is 3. The summed E-state index contributed by atoms with van der Waals surface area (Å²) in [5, 5.41) is 12.8. The van der Waals surface area contributed by atoms with Crippen molar-refractivity contribution in [2.45, 2.75) is 57.5 Å². The molecule has 2 aliphatic heterocycles. The van der Waals surface area contributed by atoms with Crippen LogP contribution in [-0.2, 0) is 4.79 Å². The van der Waals surface area contributed by atoms with Gasteiger partial charge in [-0.25, -0.2) is 0 Å². The van der Waals surface area contributed by atoms with Crippen molar-refractivity contribution < 1.29 is 9.90 Å². The lowest BCUT2D eigenvalue weighted by Gasteiger charge is -2.35. The van der Waals surface area contributed by atoms with E-state index in [9.17, 15) is 9.90 Å². The van der Waals surface area contributed by atoms with E-state index in [-0.39, 0.29) is 24.6 Å². The second kappa shape index (κ2) is 6.53. The van der Waals surface area contributed by atoms with E-state index in [0.717, 1.165) is 45.2 Å². The number of carbonyl (C=O) groups is 1. The zero-order valence-electron chi connectivity index (χ0n) is 11.4. The molecule has 0 aromatic rings. The van der Waals surface area contributed by atoms with Gasteiger partial charge in [0.25, 0.3) is 0 Å². The molecule has 0 spiro atoms. The Bertz CT molecular complexity index is 283. The Balaban J connectivity index is 2.00. The first-order chi connectivity index (χ1) is 8.72. The third-order valence-electron chi connectivity index (χ3n) is 4.34. The van der Waals surface area contributed by atoms with Crippen LogP contribution >= 0.6 is 0 Å². The molecule has 2 heterocycles. The zero-order chi connectivity index (χ0) is 13.0. The lowest BCUT2D eigenvalue weighted by atomic mass is 9.93. The van der Waals surface area contributed by atoms with Gasteiger partial charge in [0.05, 0.1) is 18.7 Å². The molecule has 3 atom stereocenters. The summed E-state index contributed by atoms with van der Waals surface area (Å²) in [6.07, 6.45) is 6.42. The number of hydrogen-bond donors (Lipinski definition) is 2. The Hall–Kier alpha value is -0.610. The monoisotopic (exact) mass is 254 g/mol. The highest BCUT2D eigenvalue weighted by atomic mass is 16.3. The minimum atomic E-state index is -0.0269. The lowest BCUT2D eigenvalue weighted by Crippen LogP contribution is -2.53. The smallest absolute Gasteiger partial charge is 0.240 e. The van der Waals surface area contributed by atoms with E-state index in [2.05, 4.69) is 12.2 Å². The summed E-state index contributed by atoms with van der Waals surface area (Å²) in [5.74, 6) is 0.835. The molecule has 0 aromatic carbocycles. The molecule has 2 fully saturated rings. The first kappa shape index (κ1) is 13.8. The fourth-order valence-electron chi connectivity index (χ4n) is 3.15. The van der Waals surface area contributed by atoms with Gasteiger partial charge in [0.15, 0.2) is 0 Å². The minimum absolute atomic E-state index is 0.0269. The molecule has 0 aromatic heterocycles. The fourth-order valence-corrected chi connectivity index (χ4v) is 3.15. The Morgan fingerprint density at radius 2 is 2.17 bits per heavy atom. The number of rotatable bonds is 2. The average molecular weight is 254 g/mol. The normalized spacial score (nSPS) is 34.1. The van der Waals surface area contributed by atoms with Crippen molar-refractivity contribution in [3.63, 3.8) is 0 Å². The third-order valence-corrected chi connectivity index (χ3v) is 4.34. The summed E-state index contributed by atoms with van der Waals surface area (Å²) >= 11 is 0. The van der Waals surface area contributed by atoms with Gasteiger partial charge in [0.1, 0.15) is 0 Å². The molecule has 2 rings (SSSR count). The number of aliphatic hydroxyl groups excluding tert-OH is 1. The molecule has 2 N–H and O–H groups in total. The molecule has 4 heteroatoms. The maximum atomic E-state index is 12.6. The predicted octanol–water partition coefficient (Wildman–Crippen LogP) is 1.14. The van der Waals surface area contributed by atoms with Gasteiger partial charge in [-0.1, -0.05) is 19.8 Å². The van der Waals surface area contributed by atoms with Crippen LogP contribution in [0.15, 0.2) is 0 Å². The first-order valence-electron chi connectivity index (χ1n) is 7.37. The molecule has 4 nitrogen and oxygen atoms in total. The van der Waals surface area contributed by atoms with E-state index in [1.807, 2.05) is 4.90 Å². The predicted molar refractivity (Wildman–Crippen MR) is 71.2 cm³/mol. The molecule has 0 saturated carbocycles. The minimum Gasteiger partial charge on any atom is -0.394 e. The summed E-state index contributed by atoms with van der Waals surface area (Å²) < 4.78 is 0. The van der Waals surface area contributed by atoms with Crippen LogP contribution in [0.4, 0.5) is 0 Å². The first-order valence-corrected chi connectivity index (χ1v) is 7.37. The number of nitrogens with one attached hydrogen (secondary N) is 1. The van der Waals surface area contributed by atoms with Crippen LogP contribution in [0.2, 0.25) is 0 Å². The number of carbonyl (C=O) groups excluding carboxylic acids is 1. The van der Waals surface area contributed by atoms with Crippen LogP contribution in [0.25, 0.3) is 0 Å².